The highest BCUT2D eigenvalue weighted by atomic mass is 16.3. The summed E-state index contributed by atoms with van der Waals surface area (Å²) in [6.45, 7) is 0. The van der Waals surface area contributed by atoms with Crippen LogP contribution in [0.2, 0.25) is 0 Å². The Labute approximate surface area is 371 Å². The number of hydrogen-bond acceptors (Lipinski definition) is 1. The summed E-state index contributed by atoms with van der Waals surface area (Å²) in [5.74, 6) is 0. The minimum Gasteiger partial charge on any atom is -0.456 e. The van der Waals surface area contributed by atoms with Gasteiger partial charge in [-0.05, 0) is 94.3 Å². The number of aromatic nitrogens is 2. The van der Waals surface area contributed by atoms with Crippen molar-refractivity contribution >= 4 is 65.6 Å². The van der Waals surface area contributed by atoms with Crippen LogP contribution in [0.5, 0.6) is 0 Å². The van der Waals surface area contributed by atoms with Gasteiger partial charge in [-0.3, -0.25) is 0 Å². The van der Waals surface area contributed by atoms with Gasteiger partial charge in [-0.1, -0.05) is 139 Å². The normalized spacial score (nSPS) is 19.2. The van der Waals surface area contributed by atoms with Gasteiger partial charge in [-0.2, -0.15) is 0 Å². The Morgan fingerprint density at radius 2 is 0.912 bits per heavy atom. The summed E-state index contributed by atoms with van der Waals surface area (Å²) in [6, 6.07) is -20.4. The third kappa shape index (κ3) is 4.86. The number of fused-ring (bicyclic) bond motifs is 9. The second kappa shape index (κ2) is 12.5. The van der Waals surface area contributed by atoms with Gasteiger partial charge in [0.15, 0.2) is 0 Å². The van der Waals surface area contributed by atoms with Gasteiger partial charge in [0.2, 0.25) is 0 Å². The number of rotatable bonds is 5. The SMILES string of the molecule is [2H]c1c([2H])c([2H])c(-c2ccc3c(oc4c([2H])ccc(-n5c6c([2H])c([2H])c([2H])c([2H])c6c6c([2H])c(-c7c([2H])c([2H])c8c(c7[2H])c7c([2H])c([2H])c([2H])c([2H])c7n8-c7c([2H])c([2H])c([2H])c([2H])c7-c7c([2H])c([2H])c([2H])c([2H])c7[2H])c([2H])c([2H])c65)c43)c2[2H])c([2H])c1[2H]. The Hall–Kier alpha value is -7.62. The highest BCUT2D eigenvalue weighted by Crippen LogP contribution is 2.42. The predicted molar refractivity (Wildman–Crippen MR) is 239 cm³/mol. The predicted octanol–water partition coefficient (Wildman–Crippen LogP) is 14.8. The molecule has 0 aliphatic carbocycles. The summed E-state index contributed by atoms with van der Waals surface area (Å²) in [5.41, 5.74) is -7.48. The van der Waals surface area contributed by atoms with Crippen molar-refractivity contribution in [2.45, 2.75) is 0 Å². The minimum atomic E-state index is -1.06. The molecule has 57 heavy (non-hydrogen) atoms. The fourth-order valence-electron chi connectivity index (χ4n) is 7.15. The van der Waals surface area contributed by atoms with Crippen molar-refractivity contribution in [3.8, 4) is 44.8 Å². The van der Waals surface area contributed by atoms with Gasteiger partial charge in [-0.15, -0.1) is 0 Å². The third-order valence-electron chi connectivity index (χ3n) is 9.54. The molecule has 12 aromatic rings. The number of benzene rings is 9. The minimum absolute atomic E-state index is 0.0310. The van der Waals surface area contributed by atoms with Crippen LogP contribution >= 0.6 is 0 Å². The molecule has 0 saturated carbocycles. The topological polar surface area (TPSA) is 23.0 Å². The molecule has 0 fully saturated rings. The molecule has 9 aromatic carbocycles. The highest BCUT2D eigenvalue weighted by Gasteiger charge is 2.20. The maximum atomic E-state index is 10.1. The van der Waals surface area contributed by atoms with E-state index in [0.717, 1.165) is 4.57 Å². The van der Waals surface area contributed by atoms with Crippen LogP contribution in [-0.4, -0.2) is 9.13 Å². The maximum absolute atomic E-state index is 10.1. The van der Waals surface area contributed by atoms with Crippen molar-refractivity contribution < 1.29 is 45.5 Å². The Morgan fingerprint density at radius 1 is 0.351 bits per heavy atom. The van der Waals surface area contributed by atoms with Crippen LogP contribution in [-0.2, 0) is 0 Å². The molecule has 0 spiro atoms. The summed E-state index contributed by atoms with van der Waals surface area (Å²) in [5, 5.41) is -2.22. The first-order chi connectivity index (χ1) is 40.8. The van der Waals surface area contributed by atoms with Crippen molar-refractivity contribution in [3.05, 3.63) is 206 Å². The van der Waals surface area contributed by atoms with E-state index in [1.807, 2.05) is 0 Å². The van der Waals surface area contributed by atoms with Crippen molar-refractivity contribution in [2.24, 2.45) is 0 Å². The summed E-state index contributed by atoms with van der Waals surface area (Å²) in [7, 11) is 0. The second-order valence-electron chi connectivity index (χ2n) is 12.6. The molecule has 3 aromatic heterocycles. The van der Waals surface area contributed by atoms with Gasteiger partial charge in [-0.25, -0.2) is 0 Å². The van der Waals surface area contributed by atoms with Crippen LogP contribution in [0.1, 0.15) is 41.1 Å². The fraction of sp³-hybridized carbons (Fsp3) is 0. The lowest BCUT2D eigenvalue weighted by Gasteiger charge is -2.14. The van der Waals surface area contributed by atoms with Gasteiger partial charge in [0.05, 0.1) is 80.0 Å². The first-order valence-corrected chi connectivity index (χ1v) is 17.1. The van der Waals surface area contributed by atoms with Crippen LogP contribution in [0.15, 0.2) is 210 Å². The lowest BCUT2D eigenvalue weighted by atomic mass is 10.0. The Bertz CT molecular complexity index is 5230. The van der Waals surface area contributed by atoms with E-state index in [4.69, 9.17) is 29.1 Å². The third-order valence-corrected chi connectivity index (χ3v) is 9.54. The zero-order chi connectivity index (χ0) is 63.6. The Balaban J connectivity index is 1.23. The molecule has 266 valence electrons. The first-order valence-electron chi connectivity index (χ1n) is 32.1. The van der Waals surface area contributed by atoms with Crippen molar-refractivity contribution in [3.63, 3.8) is 0 Å². The molecule has 0 saturated heterocycles. The van der Waals surface area contributed by atoms with Crippen molar-refractivity contribution in [2.75, 3.05) is 0 Å². The van der Waals surface area contributed by atoms with E-state index in [-0.39, 0.29) is 44.8 Å². The van der Waals surface area contributed by atoms with E-state index >= 15 is 0 Å². The van der Waals surface area contributed by atoms with Crippen LogP contribution in [0.25, 0.3) is 110 Å². The zero-order valence-corrected chi connectivity index (χ0v) is 28.6. The molecule has 0 radical (unpaired) electrons. The van der Waals surface area contributed by atoms with Gasteiger partial charge >= 0.3 is 0 Å². The largest absolute Gasteiger partial charge is 0.456 e. The monoisotopic (exact) mass is 756 g/mol. The van der Waals surface area contributed by atoms with Gasteiger partial charge in [0, 0.05) is 32.5 Å². The van der Waals surface area contributed by atoms with Gasteiger partial charge in [0.1, 0.15) is 11.2 Å². The molecule has 0 aliphatic rings. The Kier molecular flexibility index (Phi) is 3.09. The first kappa shape index (κ1) is 14.1. The van der Waals surface area contributed by atoms with E-state index in [0.29, 0.717) is 4.57 Å². The molecule has 0 bridgehead atoms. The van der Waals surface area contributed by atoms with E-state index in [9.17, 15) is 16.4 Å². The Morgan fingerprint density at radius 3 is 1.60 bits per heavy atom. The van der Waals surface area contributed by atoms with Crippen LogP contribution in [0, 0.1) is 0 Å². The highest BCUT2D eigenvalue weighted by molar-refractivity contribution is 6.16. The fourth-order valence-corrected chi connectivity index (χ4v) is 7.15. The van der Waals surface area contributed by atoms with Crippen molar-refractivity contribution in [1.29, 1.82) is 0 Å². The van der Waals surface area contributed by atoms with Crippen LogP contribution < -0.4 is 0 Å². The number of nitrogens with zero attached hydrogens (tertiary/aromatic N) is 2. The maximum Gasteiger partial charge on any atom is 0.137 e. The molecule has 0 aliphatic heterocycles. The second-order valence-corrected chi connectivity index (χ2v) is 12.6. The molecule has 3 nitrogen and oxygen atoms in total. The summed E-state index contributed by atoms with van der Waals surface area (Å²) < 4.78 is 279. The molecule has 3 heterocycles. The smallest absolute Gasteiger partial charge is 0.137 e. The molecule has 0 unspecified atom stereocenters. The molecule has 12 rings (SSSR count). The van der Waals surface area contributed by atoms with Crippen LogP contribution in [0.3, 0.4) is 0 Å². The summed E-state index contributed by atoms with van der Waals surface area (Å²) >= 11 is 0. The summed E-state index contributed by atoms with van der Waals surface area (Å²) in [6.07, 6.45) is 0. The standard InChI is InChI=1S/C54H34N2O/c1-3-14-35(15-4-1)39-26-29-43-53(34-39)57-52-25-13-24-51(54(43)52)56-48-23-12-9-20-42(48)45-33-38(28-31-50(45)56)37-27-30-49-44(32-37)41-19-8-11-22-47(41)55(49)46-21-10-7-18-40(46)36-16-5-2-6-17-36/h1-34H/i1D,2D,3D,4D,5D,6D,7D,8D,9D,10D,11D,12D,14D,15D,16D,17D,18D,19D,20D,21D,22D,23D,25D,27D,28D,30D,31D,32D,33D,34D. The average molecular weight is 757 g/mol. The lowest BCUT2D eigenvalue weighted by molar-refractivity contribution is 0.669. The molecule has 0 amide bonds. The lowest BCUT2D eigenvalue weighted by Crippen LogP contribution is -1.97. The number of furan rings is 1. The summed E-state index contributed by atoms with van der Waals surface area (Å²) in [4.78, 5) is 0. The van der Waals surface area contributed by atoms with Crippen molar-refractivity contribution in [1.82, 2.24) is 9.13 Å². The molecule has 0 N–H and O–H groups in total. The molecular formula is C54H34N2O. The molecule has 3 heteroatoms. The van der Waals surface area contributed by atoms with E-state index in [2.05, 4.69) is 0 Å². The zero-order valence-electron chi connectivity index (χ0n) is 58.6. The van der Waals surface area contributed by atoms with E-state index in [1.54, 1.807) is 0 Å². The van der Waals surface area contributed by atoms with Gasteiger partial charge in [0.25, 0.3) is 0 Å². The quantitative estimate of drug-likeness (QED) is 0.171. The van der Waals surface area contributed by atoms with Gasteiger partial charge < -0.3 is 13.6 Å². The average Bonchev–Trinajstić information content (AvgIpc) is 1.57. The van der Waals surface area contributed by atoms with E-state index < -0.39 is 247 Å². The molecule has 0 atom stereocenters. The number of para-hydroxylation sites is 3. The van der Waals surface area contributed by atoms with E-state index in [1.165, 1.54) is 24.3 Å². The van der Waals surface area contributed by atoms with Crippen LogP contribution in [0.4, 0.5) is 0 Å². The molecular weight excluding hydrogens is 693 g/mol. The number of hydrogen-bond donors (Lipinski definition) is 0.